The Morgan fingerprint density at radius 2 is 1.95 bits per heavy atom. The highest BCUT2D eigenvalue weighted by Crippen LogP contribution is 2.19. The van der Waals surface area contributed by atoms with E-state index in [1.807, 2.05) is 12.1 Å². The van der Waals surface area contributed by atoms with Crippen LogP contribution in [0.2, 0.25) is 5.02 Å². The van der Waals surface area contributed by atoms with Crippen LogP contribution < -0.4 is 10.1 Å². The number of methoxy groups -OCH3 is 1. The smallest absolute Gasteiger partial charge is 0.258 e. The van der Waals surface area contributed by atoms with E-state index >= 15 is 0 Å². The number of rotatable bonds is 3. The average molecular weight is 314 g/mol. The summed E-state index contributed by atoms with van der Waals surface area (Å²) in [6, 6.07) is 12.1. The van der Waals surface area contributed by atoms with Crippen LogP contribution in [0.1, 0.15) is 10.4 Å². The van der Waals surface area contributed by atoms with Crippen molar-refractivity contribution in [1.29, 1.82) is 0 Å². The molecule has 6 heteroatoms. The van der Waals surface area contributed by atoms with Crippen LogP contribution in [0.5, 0.6) is 5.75 Å². The van der Waals surface area contributed by atoms with Gasteiger partial charge in [-0.1, -0.05) is 11.6 Å². The molecule has 0 spiro atoms. The van der Waals surface area contributed by atoms with Crippen molar-refractivity contribution in [1.82, 2.24) is 9.97 Å². The zero-order valence-corrected chi connectivity index (χ0v) is 12.5. The van der Waals surface area contributed by atoms with Gasteiger partial charge in [-0.15, -0.1) is 0 Å². The number of halogens is 1. The number of anilines is 1. The second kappa shape index (κ2) is 5.99. The fourth-order valence-electron chi connectivity index (χ4n) is 1.97. The molecule has 0 fully saturated rings. The molecule has 0 aliphatic carbocycles. The minimum atomic E-state index is -0.287. The number of amides is 1. The first kappa shape index (κ1) is 14.3. The second-order valence-corrected chi connectivity index (χ2v) is 5.02. The predicted molar refractivity (Wildman–Crippen MR) is 85.5 cm³/mol. The third-order valence-electron chi connectivity index (χ3n) is 3.12. The normalized spacial score (nSPS) is 10.5. The topological polar surface area (TPSA) is 64.1 Å². The van der Waals surface area contributed by atoms with Crippen molar-refractivity contribution >= 4 is 34.4 Å². The lowest BCUT2D eigenvalue weighted by molar-refractivity contribution is 0.102. The Morgan fingerprint density at radius 3 is 2.68 bits per heavy atom. The molecule has 1 heterocycles. The van der Waals surface area contributed by atoms with Gasteiger partial charge >= 0.3 is 0 Å². The summed E-state index contributed by atoms with van der Waals surface area (Å²) in [6.45, 7) is 0. The Morgan fingerprint density at radius 1 is 1.18 bits per heavy atom. The molecule has 110 valence electrons. The molecule has 0 bridgehead atoms. The molecule has 0 saturated carbocycles. The first-order valence-electron chi connectivity index (χ1n) is 6.53. The number of hydrogen-bond donors (Lipinski definition) is 1. The lowest BCUT2D eigenvalue weighted by Gasteiger charge is -2.06. The van der Waals surface area contributed by atoms with E-state index in [0.29, 0.717) is 10.6 Å². The largest absolute Gasteiger partial charge is 0.497 e. The molecule has 0 unspecified atom stereocenters. The summed E-state index contributed by atoms with van der Waals surface area (Å²) >= 11 is 5.80. The van der Waals surface area contributed by atoms with Crippen molar-refractivity contribution in [2.75, 3.05) is 12.4 Å². The van der Waals surface area contributed by atoms with Crippen molar-refractivity contribution in [3.63, 3.8) is 0 Å². The van der Waals surface area contributed by atoms with E-state index in [1.54, 1.807) is 43.6 Å². The van der Waals surface area contributed by atoms with Gasteiger partial charge in [0.05, 0.1) is 12.6 Å². The number of carbonyl (C=O) groups excluding carboxylic acids is 1. The number of carbonyl (C=O) groups is 1. The molecule has 3 rings (SSSR count). The first-order valence-corrected chi connectivity index (χ1v) is 6.91. The average Bonchev–Trinajstić information content (AvgIpc) is 2.55. The Kier molecular flexibility index (Phi) is 3.89. The van der Waals surface area contributed by atoms with E-state index in [0.717, 1.165) is 16.7 Å². The van der Waals surface area contributed by atoms with Gasteiger partial charge < -0.3 is 4.74 Å². The summed E-state index contributed by atoms with van der Waals surface area (Å²) in [4.78, 5) is 20.6. The number of fused-ring (bicyclic) bond motifs is 1. The zero-order chi connectivity index (χ0) is 15.5. The Bertz CT molecular complexity index is 834. The van der Waals surface area contributed by atoms with Gasteiger partial charge in [0.25, 0.3) is 5.91 Å². The van der Waals surface area contributed by atoms with Crippen LogP contribution in [-0.2, 0) is 0 Å². The van der Waals surface area contributed by atoms with Gasteiger partial charge in [-0.2, -0.15) is 0 Å². The molecule has 0 atom stereocenters. The molecule has 0 aliphatic rings. The van der Waals surface area contributed by atoms with Crippen LogP contribution in [0.3, 0.4) is 0 Å². The number of hydrogen-bond acceptors (Lipinski definition) is 4. The standard InChI is InChI=1S/C16H12ClN3O2/c1-22-13-6-7-14-11(8-13)9-18-16(19-14)20-15(21)10-2-4-12(17)5-3-10/h2-9H,1H3,(H,18,19,20,21). The minimum Gasteiger partial charge on any atom is -0.497 e. The Hall–Kier alpha value is -2.66. The molecule has 0 saturated heterocycles. The van der Waals surface area contributed by atoms with Gasteiger partial charge in [-0.3, -0.25) is 10.1 Å². The van der Waals surface area contributed by atoms with Crippen LogP contribution in [-0.4, -0.2) is 23.0 Å². The number of aromatic nitrogens is 2. The summed E-state index contributed by atoms with van der Waals surface area (Å²) in [5.74, 6) is 0.691. The van der Waals surface area contributed by atoms with Gasteiger partial charge in [-0.05, 0) is 42.5 Å². The van der Waals surface area contributed by atoms with E-state index in [4.69, 9.17) is 16.3 Å². The maximum Gasteiger partial charge on any atom is 0.258 e. The van der Waals surface area contributed by atoms with Crippen molar-refractivity contribution in [3.05, 3.63) is 59.2 Å². The van der Waals surface area contributed by atoms with Crippen molar-refractivity contribution in [2.45, 2.75) is 0 Å². The first-order chi connectivity index (χ1) is 10.7. The summed E-state index contributed by atoms with van der Waals surface area (Å²) in [5, 5.41) is 4.08. The van der Waals surface area contributed by atoms with E-state index < -0.39 is 0 Å². The number of nitrogens with one attached hydrogen (secondary N) is 1. The minimum absolute atomic E-state index is 0.248. The molecule has 1 amide bonds. The molecule has 1 N–H and O–H groups in total. The van der Waals surface area contributed by atoms with Gasteiger partial charge in [0.1, 0.15) is 5.75 Å². The van der Waals surface area contributed by atoms with E-state index in [9.17, 15) is 4.79 Å². The third-order valence-corrected chi connectivity index (χ3v) is 3.37. The molecule has 2 aromatic carbocycles. The quantitative estimate of drug-likeness (QED) is 0.803. The van der Waals surface area contributed by atoms with Gasteiger partial charge in [0.15, 0.2) is 0 Å². The number of benzene rings is 2. The van der Waals surface area contributed by atoms with Crippen molar-refractivity contribution < 1.29 is 9.53 Å². The maximum atomic E-state index is 12.1. The van der Waals surface area contributed by atoms with Gasteiger partial charge in [0.2, 0.25) is 5.95 Å². The molecule has 0 aliphatic heterocycles. The van der Waals surface area contributed by atoms with Crippen LogP contribution >= 0.6 is 11.6 Å². The molecule has 5 nitrogen and oxygen atoms in total. The summed E-state index contributed by atoms with van der Waals surface area (Å²) in [5.41, 5.74) is 1.21. The van der Waals surface area contributed by atoms with E-state index in [-0.39, 0.29) is 11.9 Å². The third kappa shape index (κ3) is 2.99. The highest BCUT2D eigenvalue weighted by Gasteiger charge is 2.08. The summed E-state index contributed by atoms with van der Waals surface area (Å²) in [6.07, 6.45) is 1.64. The van der Waals surface area contributed by atoms with Crippen LogP contribution in [0.25, 0.3) is 10.9 Å². The highest BCUT2D eigenvalue weighted by atomic mass is 35.5. The van der Waals surface area contributed by atoms with E-state index in [2.05, 4.69) is 15.3 Å². The lowest BCUT2D eigenvalue weighted by Crippen LogP contribution is -2.14. The fourth-order valence-corrected chi connectivity index (χ4v) is 2.10. The van der Waals surface area contributed by atoms with Gasteiger partial charge in [-0.25, -0.2) is 9.97 Å². The molecule has 1 aromatic heterocycles. The molecular weight excluding hydrogens is 302 g/mol. The van der Waals surface area contributed by atoms with Gasteiger partial charge in [0, 0.05) is 22.2 Å². The van der Waals surface area contributed by atoms with Crippen LogP contribution in [0.15, 0.2) is 48.7 Å². The number of nitrogens with zero attached hydrogens (tertiary/aromatic N) is 2. The predicted octanol–water partition coefficient (Wildman–Crippen LogP) is 3.54. The summed E-state index contributed by atoms with van der Waals surface area (Å²) in [7, 11) is 1.60. The highest BCUT2D eigenvalue weighted by molar-refractivity contribution is 6.30. The Balaban J connectivity index is 1.84. The monoisotopic (exact) mass is 313 g/mol. The number of ether oxygens (including phenoxy) is 1. The van der Waals surface area contributed by atoms with E-state index in [1.165, 1.54) is 0 Å². The van der Waals surface area contributed by atoms with Crippen molar-refractivity contribution in [3.8, 4) is 5.75 Å². The zero-order valence-electron chi connectivity index (χ0n) is 11.7. The lowest BCUT2D eigenvalue weighted by atomic mass is 10.2. The fraction of sp³-hybridized carbons (Fsp3) is 0.0625. The van der Waals surface area contributed by atoms with Crippen LogP contribution in [0, 0.1) is 0 Å². The molecule has 3 aromatic rings. The second-order valence-electron chi connectivity index (χ2n) is 4.58. The molecule has 22 heavy (non-hydrogen) atoms. The SMILES string of the molecule is COc1ccc2nc(NC(=O)c3ccc(Cl)cc3)ncc2c1. The molecule has 0 radical (unpaired) electrons. The van der Waals surface area contributed by atoms with Crippen LogP contribution in [0.4, 0.5) is 5.95 Å². The maximum absolute atomic E-state index is 12.1. The Labute approximate surface area is 131 Å². The summed E-state index contributed by atoms with van der Waals surface area (Å²) < 4.78 is 5.15. The van der Waals surface area contributed by atoms with Crippen molar-refractivity contribution in [2.24, 2.45) is 0 Å². The molecular formula is C16H12ClN3O2.